The van der Waals surface area contributed by atoms with Crippen LogP contribution in [0, 0.1) is 0 Å². The quantitative estimate of drug-likeness (QED) is 0.117. The van der Waals surface area contributed by atoms with E-state index in [-0.39, 0.29) is 18.2 Å². The van der Waals surface area contributed by atoms with Gasteiger partial charge in [0, 0.05) is 20.5 Å². The number of carbonyl (C=O) groups is 2. The van der Waals surface area contributed by atoms with Crippen molar-refractivity contribution in [3.05, 3.63) is 82.6 Å². The lowest BCUT2D eigenvalue weighted by atomic mass is 10.2. The van der Waals surface area contributed by atoms with E-state index in [1.165, 1.54) is 28.4 Å². The van der Waals surface area contributed by atoms with E-state index in [1.807, 2.05) is 31.7 Å². The smallest absolute Gasteiger partial charge is 0.231 e. The largest absolute Gasteiger partial charge is 0.310 e. The SMILES string of the molecule is C=CC(=C)CC(=O)N(C)C(=C)SC(=C)CCSCCC(=C)SC(=C)N(C)C(=O)C/C(C)=C/C. The minimum atomic E-state index is -0.0681. The molecular weight excluding hydrogens is 468 g/mol. The van der Waals surface area contributed by atoms with Crippen molar-refractivity contribution in [2.45, 2.75) is 39.5 Å². The zero-order chi connectivity index (χ0) is 25.6. The Balaban J connectivity index is 4.19. The van der Waals surface area contributed by atoms with Crippen LogP contribution in [-0.4, -0.2) is 47.2 Å². The van der Waals surface area contributed by atoms with Gasteiger partial charge in [0.15, 0.2) is 0 Å². The van der Waals surface area contributed by atoms with Crippen molar-refractivity contribution in [1.82, 2.24) is 9.80 Å². The first-order valence-corrected chi connectivity index (χ1v) is 13.3. The van der Waals surface area contributed by atoms with Gasteiger partial charge in [-0.05, 0) is 53.6 Å². The van der Waals surface area contributed by atoms with Gasteiger partial charge in [0.25, 0.3) is 0 Å². The highest BCUT2D eigenvalue weighted by atomic mass is 32.2. The summed E-state index contributed by atoms with van der Waals surface area (Å²) in [6, 6.07) is 0. The summed E-state index contributed by atoms with van der Waals surface area (Å²) in [5.41, 5.74) is 1.73. The lowest BCUT2D eigenvalue weighted by Crippen LogP contribution is -2.24. The second kappa shape index (κ2) is 16.7. The second-order valence-corrected chi connectivity index (χ2v) is 11.2. The summed E-state index contributed by atoms with van der Waals surface area (Å²) >= 11 is 4.70. The number of rotatable bonds is 17. The second-order valence-electron chi connectivity index (χ2n) is 7.44. The van der Waals surface area contributed by atoms with Gasteiger partial charge in [0.1, 0.15) is 0 Å². The van der Waals surface area contributed by atoms with Crippen molar-refractivity contribution < 1.29 is 9.59 Å². The van der Waals surface area contributed by atoms with Gasteiger partial charge in [-0.3, -0.25) is 9.59 Å². The summed E-state index contributed by atoms with van der Waals surface area (Å²) in [7, 11) is 3.46. The molecule has 4 nitrogen and oxygen atoms in total. The van der Waals surface area contributed by atoms with Gasteiger partial charge in [-0.15, -0.1) is 0 Å². The summed E-state index contributed by atoms with van der Waals surface area (Å²) < 4.78 is 0. The third-order valence-corrected chi connectivity index (χ3v) is 7.65. The van der Waals surface area contributed by atoms with Gasteiger partial charge in [-0.2, -0.15) is 11.8 Å². The highest BCUT2D eigenvalue weighted by Crippen LogP contribution is 2.31. The molecule has 0 saturated heterocycles. The van der Waals surface area contributed by atoms with Crippen LogP contribution < -0.4 is 0 Å². The van der Waals surface area contributed by atoms with Crippen LogP contribution in [0.1, 0.15) is 39.5 Å². The fourth-order valence-electron chi connectivity index (χ4n) is 2.17. The lowest BCUT2D eigenvalue weighted by molar-refractivity contribution is -0.127. The molecule has 0 saturated carbocycles. The van der Waals surface area contributed by atoms with Crippen LogP contribution in [-0.2, 0) is 9.59 Å². The molecule has 33 heavy (non-hydrogen) atoms. The van der Waals surface area contributed by atoms with Gasteiger partial charge in [-0.25, -0.2) is 0 Å². The zero-order valence-electron chi connectivity index (χ0n) is 20.6. The summed E-state index contributed by atoms with van der Waals surface area (Å²) in [4.78, 5) is 29.5. The zero-order valence-corrected chi connectivity index (χ0v) is 23.0. The minimum absolute atomic E-state index is 0.0286. The van der Waals surface area contributed by atoms with Gasteiger partial charge in [0.05, 0.1) is 16.5 Å². The monoisotopic (exact) mass is 506 g/mol. The molecule has 0 spiro atoms. The van der Waals surface area contributed by atoms with Crippen molar-refractivity contribution in [3.63, 3.8) is 0 Å². The number of amides is 2. The molecule has 0 fully saturated rings. The third-order valence-electron chi connectivity index (χ3n) is 4.66. The Morgan fingerprint density at radius 2 is 1.24 bits per heavy atom. The van der Waals surface area contributed by atoms with Crippen molar-refractivity contribution in [3.8, 4) is 0 Å². The predicted octanol–water partition coefficient (Wildman–Crippen LogP) is 7.34. The summed E-state index contributed by atoms with van der Waals surface area (Å²) in [5.74, 6) is 1.81. The molecule has 182 valence electrons. The Labute approximate surface area is 213 Å². The molecule has 0 aromatic heterocycles. The highest BCUT2D eigenvalue weighted by Gasteiger charge is 2.15. The average molecular weight is 507 g/mol. The first kappa shape index (κ1) is 31.2. The first-order chi connectivity index (χ1) is 15.4. The fraction of sp³-hybridized carbons (Fsp3) is 0.385. The molecule has 0 aliphatic heterocycles. The number of carbonyl (C=O) groups excluding carboxylic acids is 2. The highest BCUT2D eigenvalue weighted by molar-refractivity contribution is 8.07. The fourth-order valence-corrected chi connectivity index (χ4v) is 4.96. The van der Waals surface area contributed by atoms with Crippen LogP contribution >= 0.6 is 35.3 Å². The number of hydrogen-bond acceptors (Lipinski definition) is 5. The molecule has 0 aromatic rings. The van der Waals surface area contributed by atoms with E-state index in [1.54, 1.807) is 25.1 Å². The molecule has 0 heterocycles. The maximum atomic E-state index is 12.2. The van der Waals surface area contributed by atoms with Gasteiger partial charge < -0.3 is 9.80 Å². The predicted molar refractivity (Wildman–Crippen MR) is 152 cm³/mol. The average Bonchev–Trinajstić information content (AvgIpc) is 2.76. The van der Waals surface area contributed by atoms with Crippen molar-refractivity contribution >= 4 is 47.1 Å². The topological polar surface area (TPSA) is 40.6 Å². The maximum Gasteiger partial charge on any atom is 0.231 e. The Hall–Kier alpha value is -1.83. The van der Waals surface area contributed by atoms with Gasteiger partial charge >= 0.3 is 0 Å². The Bertz CT molecular complexity index is 777. The third kappa shape index (κ3) is 13.5. The summed E-state index contributed by atoms with van der Waals surface area (Å²) in [6.45, 7) is 27.5. The Morgan fingerprint density at radius 3 is 1.64 bits per heavy atom. The van der Waals surface area contributed by atoms with Gasteiger partial charge in [-0.1, -0.05) is 80.7 Å². The molecule has 0 aliphatic rings. The molecule has 0 atom stereocenters. The summed E-state index contributed by atoms with van der Waals surface area (Å²) in [5, 5.41) is 1.34. The molecule has 7 heteroatoms. The molecular formula is C26H38N2O2S3. The van der Waals surface area contributed by atoms with Crippen LogP contribution in [0.3, 0.4) is 0 Å². The van der Waals surface area contributed by atoms with Crippen LogP contribution in [0.25, 0.3) is 0 Å². The van der Waals surface area contributed by atoms with E-state index < -0.39 is 0 Å². The minimum Gasteiger partial charge on any atom is -0.310 e. The standard InChI is InChI=1S/C26H38N2O2S3/c1-11-19(3)17-25(29)27(9)23(7)32-21(5)13-15-31-16-14-22(6)33-24(8)28(10)26(30)18-20(4)12-2/h11-12H,1,3,5-8,13-18H2,2,4,9-10H3/b20-12+. The first-order valence-electron chi connectivity index (χ1n) is 10.5. The van der Waals surface area contributed by atoms with Crippen molar-refractivity contribution in [1.29, 1.82) is 0 Å². The number of nitrogens with zero attached hydrogens (tertiary/aromatic N) is 2. The molecule has 0 aliphatic carbocycles. The van der Waals surface area contributed by atoms with Crippen LogP contribution in [0.15, 0.2) is 82.6 Å². The summed E-state index contributed by atoms with van der Waals surface area (Å²) in [6.07, 6.45) is 5.82. The normalized spacial score (nSPS) is 10.8. The molecule has 0 unspecified atom stereocenters. The van der Waals surface area contributed by atoms with E-state index in [9.17, 15) is 9.59 Å². The molecule has 2 amide bonds. The molecule has 0 aromatic carbocycles. The molecule has 0 N–H and O–H groups in total. The van der Waals surface area contributed by atoms with Crippen LogP contribution in [0.4, 0.5) is 0 Å². The van der Waals surface area contributed by atoms with E-state index in [2.05, 4.69) is 39.5 Å². The number of hydrogen-bond donors (Lipinski definition) is 0. The van der Waals surface area contributed by atoms with Crippen LogP contribution in [0.2, 0.25) is 0 Å². The molecule has 0 bridgehead atoms. The molecule has 0 radical (unpaired) electrons. The van der Waals surface area contributed by atoms with Gasteiger partial charge in [0.2, 0.25) is 11.8 Å². The van der Waals surface area contributed by atoms with E-state index in [0.717, 1.165) is 39.7 Å². The lowest BCUT2D eigenvalue weighted by Gasteiger charge is -2.20. The van der Waals surface area contributed by atoms with E-state index in [4.69, 9.17) is 0 Å². The van der Waals surface area contributed by atoms with E-state index in [0.29, 0.717) is 22.1 Å². The number of allylic oxidation sites excluding steroid dienone is 4. The Morgan fingerprint density at radius 1 is 0.818 bits per heavy atom. The maximum absolute atomic E-state index is 12.2. The van der Waals surface area contributed by atoms with E-state index >= 15 is 0 Å². The van der Waals surface area contributed by atoms with Crippen molar-refractivity contribution in [2.75, 3.05) is 25.6 Å². The van der Waals surface area contributed by atoms with Crippen molar-refractivity contribution in [2.24, 2.45) is 0 Å². The molecule has 0 rings (SSSR count). The number of thioether (sulfide) groups is 3. The van der Waals surface area contributed by atoms with Crippen LogP contribution in [0.5, 0.6) is 0 Å². The Kier molecular flexibility index (Phi) is 15.8.